The lowest BCUT2D eigenvalue weighted by Crippen LogP contribution is -2.83. The zero-order valence-corrected chi connectivity index (χ0v) is 46.2. The summed E-state index contributed by atoms with van der Waals surface area (Å²) in [5, 5.41) is 45.1. The molecule has 79 heavy (non-hydrogen) atoms. The Morgan fingerprint density at radius 3 is 1.95 bits per heavy atom. The van der Waals surface area contributed by atoms with Crippen LogP contribution in [-0.4, -0.2) is 129 Å². The molecule has 3 aromatic rings. The number of hydrogen-bond donors (Lipinski definition) is 5. The predicted octanol–water partition coefficient (Wildman–Crippen LogP) is 5.84. The van der Waals surface area contributed by atoms with Gasteiger partial charge in [-0.15, -0.1) is 0 Å². The molecule has 4 fully saturated rings. The molecule has 3 aromatic carbocycles. The van der Waals surface area contributed by atoms with E-state index in [1.54, 1.807) is 99.6 Å². The maximum Gasteiger partial charge on any atom is 0.350 e. The first kappa shape index (κ1) is 60.1. The van der Waals surface area contributed by atoms with Gasteiger partial charge in [0.1, 0.15) is 36.1 Å². The highest BCUT2D eigenvalue weighted by Gasteiger charge is 2.79. The lowest BCUT2D eigenvalue weighted by Gasteiger charge is -2.70. The van der Waals surface area contributed by atoms with Gasteiger partial charge in [0, 0.05) is 67.8 Å². The van der Waals surface area contributed by atoms with Crippen molar-refractivity contribution in [2.75, 3.05) is 6.61 Å². The summed E-state index contributed by atoms with van der Waals surface area (Å²) in [6, 6.07) is 22.1. The minimum Gasteiger partial charge on any atom is -0.459 e. The summed E-state index contributed by atoms with van der Waals surface area (Å²) in [5.74, 6) is -9.72. The van der Waals surface area contributed by atoms with E-state index in [-0.39, 0.29) is 49.2 Å². The molecule has 0 spiro atoms. The Kier molecular flexibility index (Phi) is 18.9. The third kappa shape index (κ3) is 12.3. The molecule has 0 radical (unpaired) electrons. The first-order valence-corrected chi connectivity index (χ1v) is 27.3. The largest absolute Gasteiger partial charge is 0.459 e. The lowest BCUT2D eigenvalue weighted by atomic mass is 9.42. The van der Waals surface area contributed by atoms with Crippen LogP contribution in [0.2, 0.25) is 0 Å². The van der Waals surface area contributed by atoms with E-state index in [4.69, 9.17) is 28.4 Å². The fourth-order valence-electron chi connectivity index (χ4n) is 13.0. The zero-order valence-electron chi connectivity index (χ0n) is 46.2. The van der Waals surface area contributed by atoms with Gasteiger partial charge in [0.2, 0.25) is 12.0 Å². The maximum absolute atomic E-state index is 15.5. The summed E-state index contributed by atoms with van der Waals surface area (Å²) in [5.41, 5.74) is -7.07. The Balaban J connectivity index is 1.32. The molecule has 3 unspecified atom stereocenters. The number of carbonyl (C=O) groups excluding carboxylic acids is 8. The molecule has 15 atom stereocenters. The van der Waals surface area contributed by atoms with Crippen molar-refractivity contribution in [1.29, 1.82) is 0 Å². The summed E-state index contributed by atoms with van der Waals surface area (Å²) in [6.07, 6.45) is -9.57. The highest BCUT2D eigenvalue weighted by Crippen LogP contribution is 2.66. The number of rotatable bonds is 21. The molecule has 0 aromatic heterocycles. The highest BCUT2D eigenvalue weighted by atomic mass is 16.6. The molecule has 3 saturated carbocycles. The Hall–Kier alpha value is -6.54. The van der Waals surface area contributed by atoms with E-state index >= 15 is 4.79 Å². The maximum atomic E-state index is 15.5. The zero-order chi connectivity index (χ0) is 57.6. The fourth-order valence-corrected chi connectivity index (χ4v) is 13.0. The Labute approximate surface area is 460 Å². The molecule has 2 bridgehead atoms. The molecule has 19 heteroatoms. The van der Waals surface area contributed by atoms with Gasteiger partial charge in [0.05, 0.1) is 36.3 Å². The average Bonchev–Trinajstić information content (AvgIpc) is 3.41. The highest BCUT2D eigenvalue weighted by molar-refractivity contribution is 5.95. The van der Waals surface area contributed by atoms with E-state index in [2.05, 4.69) is 10.6 Å². The predicted molar refractivity (Wildman–Crippen MR) is 283 cm³/mol. The minimum atomic E-state index is -2.40. The van der Waals surface area contributed by atoms with E-state index < -0.39 is 143 Å². The van der Waals surface area contributed by atoms with Gasteiger partial charge < -0.3 is 54.4 Å². The van der Waals surface area contributed by atoms with Crippen LogP contribution in [-0.2, 0) is 57.2 Å². The molecule has 1 heterocycles. The summed E-state index contributed by atoms with van der Waals surface area (Å²) >= 11 is 0. The van der Waals surface area contributed by atoms with Crippen molar-refractivity contribution in [2.45, 2.75) is 179 Å². The van der Waals surface area contributed by atoms with E-state index in [0.29, 0.717) is 12.0 Å². The number of nitrogens with one attached hydrogen (secondary N) is 2. The van der Waals surface area contributed by atoms with Crippen molar-refractivity contribution >= 4 is 47.4 Å². The molecule has 5 N–H and O–H groups in total. The molecule has 1 saturated heterocycles. The number of Topliss-reactive ketones (excluding diaryl/α,β-unsaturated/α-hetero) is 1. The van der Waals surface area contributed by atoms with Crippen molar-refractivity contribution in [2.24, 2.45) is 28.6 Å². The third-order valence-corrected chi connectivity index (χ3v) is 17.2. The van der Waals surface area contributed by atoms with E-state index in [1.807, 2.05) is 6.92 Å². The number of fused-ring (bicyclic) bond motifs is 5. The van der Waals surface area contributed by atoms with Gasteiger partial charge >= 0.3 is 29.8 Å². The Morgan fingerprint density at radius 1 is 0.759 bits per heavy atom. The second kappa shape index (κ2) is 24.9. The summed E-state index contributed by atoms with van der Waals surface area (Å²) < 4.78 is 37.4. The van der Waals surface area contributed by atoms with Gasteiger partial charge in [-0.3, -0.25) is 28.8 Å². The Morgan fingerprint density at radius 2 is 1.38 bits per heavy atom. The van der Waals surface area contributed by atoms with Crippen molar-refractivity contribution in [1.82, 2.24) is 10.6 Å². The number of aliphatic hydroxyl groups is 3. The lowest BCUT2D eigenvalue weighted by molar-refractivity contribution is -0.379. The molecule has 3 aliphatic carbocycles. The molecular weight excluding hydrogens is 1020 g/mol. The normalized spacial score (nSPS) is 30.5. The Bertz CT molecular complexity index is 2690. The number of aliphatic hydroxyl groups excluding tert-OH is 2. The van der Waals surface area contributed by atoms with E-state index in [0.717, 1.165) is 33.1 Å². The van der Waals surface area contributed by atoms with Crippen LogP contribution in [0, 0.1) is 28.6 Å². The number of carbonyl (C=O) groups is 8. The van der Waals surface area contributed by atoms with Crippen molar-refractivity contribution < 1.29 is 82.1 Å². The number of unbranched alkanes of at least 4 members (excludes halogenated alkanes) is 2. The quantitative estimate of drug-likeness (QED) is 0.0476. The molecule has 4 aliphatic rings. The number of esters is 5. The van der Waals surface area contributed by atoms with E-state index in [1.165, 1.54) is 26.0 Å². The van der Waals surface area contributed by atoms with Crippen molar-refractivity contribution in [3.05, 3.63) is 108 Å². The number of ether oxygens (including phenoxy) is 6. The van der Waals surface area contributed by atoms with Crippen molar-refractivity contribution in [3.63, 3.8) is 0 Å². The van der Waals surface area contributed by atoms with Gasteiger partial charge in [-0.05, 0) is 49.6 Å². The van der Waals surface area contributed by atoms with Crippen LogP contribution in [0.15, 0.2) is 91.0 Å². The molecular formula is C60H76N2O17. The van der Waals surface area contributed by atoms with Crippen LogP contribution in [0.1, 0.15) is 145 Å². The van der Waals surface area contributed by atoms with Gasteiger partial charge in [-0.2, -0.15) is 0 Å². The first-order chi connectivity index (χ1) is 37.4. The number of amides is 2. The smallest absolute Gasteiger partial charge is 0.350 e. The second-order valence-electron chi connectivity index (χ2n) is 22.6. The molecule has 19 nitrogen and oxygen atoms in total. The van der Waals surface area contributed by atoms with Crippen LogP contribution < -0.4 is 10.6 Å². The van der Waals surface area contributed by atoms with Gasteiger partial charge in [-0.25, -0.2) is 9.59 Å². The monoisotopic (exact) mass is 1100 g/mol. The molecule has 2 amide bonds. The topological polar surface area (TPSA) is 277 Å². The standard InChI is InChI=1S/C60H76N2O17/c1-9-10-14-28-41(35(3)63)61-45(67)29-21-30-46(68)77-50(48(38-22-15-11-16-23-38)62-54(70)39-24-17-12-18-25-39)56(72)76-42-32-60(73)53(78-55(71)40-26-19-13-20-27-40)51-58(8,43(66)31-44-59(51,33-74-44)79-37(5)65)52(69)49(75-36(4)64)47(34(42)2)57(60,6)7/h11-13,15-20,22-27,34,41-44,47-53,66,69,73H,9-10,14,21,28-33H2,1-8H3,(H,61,67)(H,62,70)/t34-,41?,42?,43+,44-,47?,48+,49-,50-,51+,52-,53+,58-,59+,60-/m0/s1. The van der Waals surface area contributed by atoms with Crippen LogP contribution in [0.25, 0.3) is 0 Å². The first-order valence-electron chi connectivity index (χ1n) is 27.3. The van der Waals surface area contributed by atoms with Gasteiger partial charge in [-0.1, -0.05) is 121 Å². The van der Waals surface area contributed by atoms with Crippen LogP contribution in [0.4, 0.5) is 0 Å². The number of ketones is 1. The van der Waals surface area contributed by atoms with Gasteiger partial charge in [0.25, 0.3) is 5.91 Å². The van der Waals surface area contributed by atoms with Crippen LogP contribution >= 0.6 is 0 Å². The average molecular weight is 1100 g/mol. The van der Waals surface area contributed by atoms with Crippen LogP contribution in [0.5, 0.6) is 0 Å². The fraction of sp³-hybridized carbons (Fsp3) is 0.567. The SMILES string of the molecule is CCCCCC(NC(=O)CCCC(=O)O[C@H](C(=O)OC1C[C@]2(O)[C@H](OC(=O)c3ccccc3)[C@H]3[C@@]4(OC(C)=O)CO[C@H]4C[C@@H](O)[C@]3(C)[C@@H](O)[C@@H](OC(C)=O)C([C@H]1C)C2(C)C)[C@H](NC(=O)c1ccccc1)c1ccccc1)C(C)=O. The van der Waals surface area contributed by atoms with Crippen molar-refractivity contribution in [3.8, 4) is 0 Å². The third-order valence-electron chi connectivity index (χ3n) is 17.2. The van der Waals surface area contributed by atoms with Gasteiger partial charge in [0.15, 0.2) is 11.4 Å². The number of hydrogen-bond acceptors (Lipinski definition) is 17. The summed E-state index contributed by atoms with van der Waals surface area (Å²) in [4.78, 5) is 110. The summed E-state index contributed by atoms with van der Waals surface area (Å²) in [6.45, 7) is 11.8. The second-order valence-corrected chi connectivity index (χ2v) is 22.6. The minimum absolute atomic E-state index is 0.0552. The molecule has 1 aliphatic heterocycles. The van der Waals surface area contributed by atoms with E-state index in [9.17, 15) is 48.9 Å². The molecule has 428 valence electrons. The molecule has 7 rings (SSSR count). The van der Waals surface area contributed by atoms with Crippen LogP contribution in [0.3, 0.4) is 0 Å². The summed E-state index contributed by atoms with van der Waals surface area (Å²) in [7, 11) is 0. The number of benzene rings is 3.